The van der Waals surface area contributed by atoms with Crippen molar-refractivity contribution in [2.24, 2.45) is 23.3 Å². The minimum absolute atomic E-state index is 0.00711. The molecule has 2 aliphatic rings. The first-order valence-corrected chi connectivity index (χ1v) is 40.2. The molecule has 2 aliphatic heterocycles. The van der Waals surface area contributed by atoms with Crippen molar-refractivity contribution in [2.75, 3.05) is 19.7 Å². The van der Waals surface area contributed by atoms with E-state index in [1.165, 1.54) is 80.7 Å². The van der Waals surface area contributed by atoms with Gasteiger partial charge >= 0.3 is 13.8 Å². The highest BCUT2D eigenvalue weighted by Crippen LogP contribution is 2.38. The van der Waals surface area contributed by atoms with Gasteiger partial charge in [0.25, 0.3) is 0 Å². The van der Waals surface area contributed by atoms with Gasteiger partial charge in [-0.1, -0.05) is 75.5 Å². The number of phenolic OH excluding ortho intramolecular Hbond substituents is 1. The van der Waals surface area contributed by atoms with Crippen LogP contribution in [0, 0.1) is 11.8 Å². The standard InChI is InChI=1S/C73H105Cl2N18O25P/c1-10-34(4)57(69(110)86-48(25-40-15-18-43(97)19-16-40)63(104)80-35(5)61(102)83-46(60(77)101)28-55(76)98)90-62(103)36(6)81-71(112)59(38(8)118-119(115,116)117)91-67(108)52(31-94)89-66(107)50(27-42-30-78-32-79-42)84-64(105)47(23-33(2)3)85-68(109)53-13-11-21-92(53)73(114)54-14-12-22-93(54)72(113)51(29-56(99)100)88-65(106)49(26-41-17-20-44(74)45(75)24-41)87-70(111)58(37(7)95)82-39(9)96/h15-20,24,30,32-38,46-54,57-59,94-95,97H,10-14,21-23,25-29,31H2,1-9H3,(H2,76,98)(H2,77,101)(H,78,79)(H,80,104)(H,81,112)(H,82,96)(H,83,102)(H,84,105)(H,85,109)(H,86,110)(H,87,111)(H,88,106)(H,89,107)(H,90,103)(H,91,108)(H,99,100)(H2,115,116,117)/t34-,35-,36-,37+,38+,46-,47-,48-,49-,50-,51-,52-,53-,54-,57-,58-,59-/m0/s1. The van der Waals surface area contributed by atoms with Crippen molar-refractivity contribution in [3.8, 4) is 5.75 Å². The van der Waals surface area contributed by atoms with Crippen LogP contribution in [0.1, 0.15) is 131 Å². The van der Waals surface area contributed by atoms with E-state index < -0.39 is 237 Å². The minimum Gasteiger partial charge on any atom is -0.508 e. The number of nitrogens with two attached hydrogens (primary N) is 2. The topological polar surface area (TPSA) is 669 Å². The van der Waals surface area contributed by atoms with Crippen LogP contribution in [0.25, 0.3) is 0 Å². The third kappa shape index (κ3) is 30.7. The number of aliphatic hydroxyl groups excluding tert-OH is 2. The lowest BCUT2D eigenvalue weighted by molar-refractivity contribution is -0.149. The lowest BCUT2D eigenvalue weighted by Gasteiger charge is -2.33. The molecule has 23 N–H and O–H groups in total. The Hall–Kier alpha value is -11.0. The quantitative estimate of drug-likeness (QED) is 0.0236. The number of aromatic amines is 1. The summed E-state index contributed by atoms with van der Waals surface area (Å²) in [5, 5.41) is 69.9. The molecule has 43 nitrogen and oxygen atoms in total. The van der Waals surface area contributed by atoms with Crippen molar-refractivity contribution in [2.45, 2.75) is 230 Å². The van der Waals surface area contributed by atoms with Gasteiger partial charge in [0.1, 0.15) is 90.3 Å². The zero-order valence-electron chi connectivity index (χ0n) is 66.6. The van der Waals surface area contributed by atoms with Crippen LogP contribution in [0.4, 0.5) is 0 Å². The van der Waals surface area contributed by atoms with Gasteiger partial charge in [0.2, 0.25) is 94.5 Å². The van der Waals surface area contributed by atoms with Crippen molar-refractivity contribution in [3.63, 3.8) is 0 Å². The van der Waals surface area contributed by atoms with Gasteiger partial charge in [0.15, 0.2) is 0 Å². The third-order valence-corrected chi connectivity index (χ3v) is 20.7. The molecule has 656 valence electrons. The van der Waals surface area contributed by atoms with Gasteiger partial charge in [-0.2, -0.15) is 0 Å². The Balaban J connectivity index is 1.32. The van der Waals surface area contributed by atoms with Crippen LogP contribution in [0.2, 0.25) is 10.0 Å². The van der Waals surface area contributed by atoms with E-state index in [1.807, 2.05) is 0 Å². The molecule has 0 spiro atoms. The molecule has 17 atom stereocenters. The molecular weight excluding hydrogens is 1630 g/mol. The molecule has 16 amide bonds. The van der Waals surface area contributed by atoms with E-state index in [0.717, 1.165) is 25.7 Å². The Bertz CT molecular complexity index is 4220. The van der Waals surface area contributed by atoms with E-state index in [4.69, 9.17) is 39.2 Å². The second-order valence-electron chi connectivity index (χ2n) is 29.4. The highest BCUT2D eigenvalue weighted by molar-refractivity contribution is 7.46. The first kappa shape index (κ1) is 98.6. The number of phenols is 1. The van der Waals surface area contributed by atoms with Crippen LogP contribution in [-0.2, 0) is 110 Å². The van der Waals surface area contributed by atoms with Gasteiger partial charge < -0.3 is 120 Å². The average Bonchev–Trinajstić information content (AvgIpc) is 1.67. The summed E-state index contributed by atoms with van der Waals surface area (Å²) in [5.41, 5.74) is 11.4. The van der Waals surface area contributed by atoms with E-state index >= 15 is 0 Å². The summed E-state index contributed by atoms with van der Waals surface area (Å²) in [5.74, 6) is -19.5. The molecule has 3 heterocycles. The van der Waals surface area contributed by atoms with Gasteiger partial charge in [0.05, 0.1) is 48.0 Å². The van der Waals surface area contributed by atoms with Gasteiger partial charge in [0, 0.05) is 51.2 Å². The number of benzene rings is 2. The molecule has 2 fully saturated rings. The molecule has 119 heavy (non-hydrogen) atoms. The number of carboxylic acids is 1. The number of nitrogens with one attached hydrogen (secondary N) is 13. The zero-order chi connectivity index (χ0) is 89.2. The number of carboxylic acid groups (broad SMARTS) is 1. The molecule has 3 aromatic rings. The molecule has 0 unspecified atom stereocenters. The third-order valence-electron chi connectivity index (χ3n) is 19.3. The normalized spacial score (nSPS) is 17.7. The molecule has 0 bridgehead atoms. The number of rotatable bonds is 45. The monoisotopic (exact) mass is 1730 g/mol. The van der Waals surface area contributed by atoms with Crippen molar-refractivity contribution in [1.82, 2.24) is 83.6 Å². The molecule has 2 aromatic carbocycles. The second kappa shape index (κ2) is 45.8. The number of aromatic hydroxyl groups is 1. The summed E-state index contributed by atoms with van der Waals surface area (Å²) in [6.45, 7) is 10.7. The first-order valence-electron chi connectivity index (χ1n) is 38.0. The fourth-order valence-corrected chi connectivity index (χ4v) is 13.8. The Morgan fingerprint density at radius 2 is 1.06 bits per heavy atom. The SMILES string of the molecule is CC[C@H](C)[C@H](NC(=O)[C@H](C)NC(=O)[C@@H](NC(=O)[C@H](CO)NC(=O)[C@H](Cc1cnc[nH]1)NC(=O)[C@H](CC(C)C)NC(=O)[C@@H]1CCCN1C(=O)[C@@H]1CCCN1C(=O)[C@H](CC(=O)O)NC(=O)[C@H](Cc1ccc(Cl)c(Cl)c1)NC(=O)[C@@H](NC(C)=O)[C@@H](C)O)[C@@H](C)OP(=O)(O)O)C(=O)N[C@@H](Cc1ccc(O)cc1)C(=O)N[C@@H](C)C(=O)N[C@@H](CC(N)=O)C(N)=O. The predicted octanol–water partition coefficient (Wildman–Crippen LogP) is -4.89. The number of phosphoric ester groups is 1. The number of hydrogen-bond acceptors (Lipinski definition) is 23. The smallest absolute Gasteiger partial charge is 0.469 e. The number of aromatic nitrogens is 2. The largest absolute Gasteiger partial charge is 0.508 e. The summed E-state index contributed by atoms with van der Waals surface area (Å²) in [4.78, 5) is 261. The summed E-state index contributed by atoms with van der Waals surface area (Å²) < 4.78 is 17.0. The minimum atomic E-state index is -5.54. The van der Waals surface area contributed by atoms with E-state index in [2.05, 4.69) is 73.8 Å². The van der Waals surface area contributed by atoms with E-state index in [-0.39, 0.29) is 91.9 Å². The maximum Gasteiger partial charge on any atom is 0.469 e. The number of aliphatic carboxylic acids is 1. The van der Waals surface area contributed by atoms with Crippen molar-refractivity contribution in [1.29, 1.82) is 0 Å². The highest BCUT2D eigenvalue weighted by atomic mass is 35.5. The molecule has 0 radical (unpaired) electrons. The van der Waals surface area contributed by atoms with Crippen molar-refractivity contribution < 1.29 is 121 Å². The average molecular weight is 1740 g/mol. The molecular formula is C73H105Cl2N18O25P. The maximum absolute atomic E-state index is 14.8. The molecule has 46 heteroatoms. The van der Waals surface area contributed by atoms with E-state index in [1.54, 1.807) is 20.8 Å². The van der Waals surface area contributed by atoms with Gasteiger partial charge in [-0.3, -0.25) is 86.0 Å². The fraction of sp³-hybridized carbons (Fsp3) is 0.562. The molecule has 2 saturated heterocycles. The summed E-state index contributed by atoms with van der Waals surface area (Å²) in [7, 11) is -5.54. The maximum atomic E-state index is 14.8. The molecule has 5 rings (SSSR count). The number of aliphatic hydroxyl groups is 2. The van der Waals surface area contributed by atoms with Crippen LogP contribution in [0.15, 0.2) is 55.0 Å². The fourth-order valence-electron chi connectivity index (χ4n) is 12.9. The highest BCUT2D eigenvalue weighted by Gasteiger charge is 2.46. The second-order valence-corrected chi connectivity index (χ2v) is 31.4. The number of carbonyl (C=O) groups excluding carboxylic acids is 16. The predicted molar refractivity (Wildman–Crippen MR) is 419 cm³/mol. The Morgan fingerprint density at radius 3 is 1.59 bits per heavy atom. The van der Waals surface area contributed by atoms with Crippen LogP contribution in [0.5, 0.6) is 5.75 Å². The number of primary amides is 2. The van der Waals surface area contributed by atoms with E-state index in [0.29, 0.717) is 11.1 Å². The summed E-state index contributed by atoms with van der Waals surface area (Å²) >= 11 is 12.4. The molecule has 0 aliphatic carbocycles. The number of carbonyl (C=O) groups is 17. The Labute approximate surface area is 693 Å². The Kier molecular flexibility index (Phi) is 38.0. The number of amides is 16. The van der Waals surface area contributed by atoms with Gasteiger partial charge in [-0.25, -0.2) is 9.55 Å². The molecule has 0 saturated carbocycles. The first-order chi connectivity index (χ1) is 55.7. The number of phosphoric acid groups is 1. The number of halogens is 2. The van der Waals surface area contributed by atoms with Crippen molar-refractivity contribution in [3.05, 3.63) is 81.9 Å². The number of nitrogens with zero attached hydrogens (tertiary/aromatic N) is 3. The van der Waals surface area contributed by atoms with Crippen LogP contribution < -0.4 is 75.3 Å². The number of imidazole rings is 1. The molecule has 1 aromatic heterocycles. The lowest BCUT2D eigenvalue weighted by Crippen LogP contribution is -2.63. The number of hydrogen-bond donors (Lipinski definition) is 21. The lowest BCUT2D eigenvalue weighted by atomic mass is 9.96. The van der Waals surface area contributed by atoms with Crippen LogP contribution in [0.3, 0.4) is 0 Å². The summed E-state index contributed by atoms with van der Waals surface area (Å²) in [6.07, 6.45) is -3.20. The summed E-state index contributed by atoms with van der Waals surface area (Å²) in [6, 6.07) is -13.3. The van der Waals surface area contributed by atoms with E-state index in [9.17, 15) is 116 Å². The van der Waals surface area contributed by atoms with Crippen LogP contribution in [-0.4, -0.2) is 267 Å². The van der Waals surface area contributed by atoms with Crippen LogP contribution >= 0.6 is 31.0 Å². The zero-order valence-corrected chi connectivity index (χ0v) is 69.0. The van der Waals surface area contributed by atoms with Gasteiger partial charge in [-0.15, -0.1) is 0 Å². The number of H-pyrrole nitrogens is 1. The number of likely N-dealkylation sites (tertiary alicyclic amines) is 2. The van der Waals surface area contributed by atoms with Gasteiger partial charge in [-0.05, 0) is 107 Å². The van der Waals surface area contributed by atoms with Crippen molar-refractivity contribution >= 4 is 132 Å². The Morgan fingerprint density at radius 1 is 0.571 bits per heavy atom.